The molecule has 0 spiro atoms. The van der Waals surface area contributed by atoms with Gasteiger partial charge in [-0.15, -0.1) is 24.0 Å². The molecule has 2 fully saturated rings. The van der Waals surface area contributed by atoms with Crippen LogP contribution in [0.4, 0.5) is 0 Å². The number of hydrogen-bond acceptors (Lipinski definition) is 4. The third kappa shape index (κ3) is 8.86. The van der Waals surface area contributed by atoms with Gasteiger partial charge < -0.3 is 19.9 Å². The average molecular weight is 544 g/mol. The van der Waals surface area contributed by atoms with Crippen LogP contribution >= 0.6 is 24.0 Å². The standard InChI is InChI=1S/C24H41N5O.HI/c1-4-25-24(29-15-11-23(12-16-29)30-5-2)26-19-21-7-9-22(10-8-21)20-28-14-6-13-27(3)17-18-28;/h7-10,23H,4-6,11-20H2,1-3H3,(H,25,26);1H. The molecule has 176 valence electrons. The van der Waals surface area contributed by atoms with Crippen molar-refractivity contribution >= 4 is 29.9 Å². The monoisotopic (exact) mass is 543 g/mol. The summed E-state index contributed by atoms with van der Waals surface area (Å²) in [5, 5.41) is 3.47. The molecule has 0 saturated carbocycles. The molecule has 7 heteroatoms. The third-order valence-electron chi connectivity index (χ3n) is 6.13. The second kappa shape index (κ2) is 14.3. The second-order valence-corrected chi connectivity index (χ2v) is 8.56. The Labute approximate surface area is 206 Å². The average Bonchev–Trinajstić information content (AvgIpc) is 2.97. The Morgan fingerprint density at radius 3 is 2.39 bits per heavy atom. The number of likely N-dealkylation sites (tertiary alicyclic amines) is 1. The molecule has 0 aromatic heterocycles. The van der Waals surface area contributed by atoms with Crippen LogP contribution in [-0.2, 0) is 17.8 Å². The van der Waals surface area contributed by atoms with Crippen LogP contribution in [0, 0.1) is 0 Å². The number of rotatable bonds is 7. The number of nitrogens with one attached hydrogen (secondary N) is 1. The number of halogens is 1. The van der Waals surface area contributed by atoms with E-state index < -0.39 is 0 Å². The predicted molar refractivity (Wildman–Crippen MR) is 140 cm³/mol. The van der Waals surface area contributed by atoms with Crippen molar-refractivity contribution in [2.45, 2.75) is 52.3 Å². The first kappa shape index (κ1) is 26.4. The molecule has 0 unspecified atom stereocenters. The largest absolute Gasteiger partial charge is 0.378 e. The number of benzene rings is 1. The molecule has 0 bridgehead atoms. The van der Waals surface area contributed by atoms with Crippen LogP contribution in [0.25, 0.3) is 0 Å². The van der Waals surface area contributed by atoms with Gasteiger partial charge in [0.2, 0.25) is 0 Å². The van der Waals surface area contributed by atoms with Crippen molar-refractivity contribution in [3.05, 3.63) is 35.4 Å². The summed E-state index contributed by atoms with van der Waals surface area (Å²) in [6.45, 7) is 14.5. The molecule has 31 heavy (non-hydrogen) atoms. The molecule has 0 aliphatic carbocycles. The number of nitrogens with zero attached hydrogens (tertiary/aromatic N) is 4. The van der Waals surface area contributed by atoms with Gasteiger partial charge in [0.25, 0.3) is 0 Å². The van der Waals surface area contributed by atoms with Crippen molar-refractivity contribution in [2.75, 3.05) is 59.5 Å². The smallest absolute Gasteiger partial charge is 0.194 e. The number of hydrogen-bond donors (Lipinski definition) is 1. The van der Waals surface area contributed by atoms with E-state index in [4.69, 9.17) is 9.73 Å². The number of likely N-dealkylation sites (N-methyl/N-ethyl adjacent to an activating group) is 1. The van der Waals surface area contributed by atoms with Gasteiger partial charge in [0.15, 0.2) is 5.96 Å². The van der Waals surface area contributed by atoms with Crippen LogP contribution in [0.1, 0.15) is 44.2 Å². The van der Waals surface area contributed by atoms with E-state index in [1.165, 1.54) is 37.2 Å². The number of piperidine rings is 1. The summed E-state index contributed by atoms with van der Waals surface area (Å²) in [4.78, 5) is 12.3. The number of ether oxygens (including phenoxy) is 1. The maximum Gasteiger partial charge on any atom is 0.194 e. The lowest BCUT2D eigenvalue weighted by Gasteiger charge is -2.34. The van der Waals surface area contributed by atoms with Gasteiger partial charge in [0.05, 0.1) is 12.6 Å². The highest BCUT2D eigenvalue weighted by Crippen LogP contribution is 2.15. The molecule has 0 amide bonds. The molecule has 3 rings (SSSR count). The molecule has 1 aromatic carbocycles. The van der Waals surface area contributed by atoms with E-state index in [1.807, 2.05) is 0 Å². The fraction of sp³-hybridized carbons (Fsp3) is 0.708. The van der Waals surface area contributed by atoms with Crippen molar-refractivity contribution in [1.29, 1.82) is 0 Å². The predicted octanol–water partition coefficient (Wildman–Crippen LogP) is 3.41. The summed E-state index contributed by atoms with van der Waals surface area (Å²) in [6.07, 6.45) is 3.84. The van der Waals surface area contributed by atoms with Crippen molar-refractivity contribution in [2.24, 2.45) is 4.99 Å². The van der Waals surface area contributed by atoms with Crippen molar-refractivity contribution in [3.63, 3.8) is 0 Å². The zero-order chi connectivity index (χ0) is 21.2. The summed E-state index contributed by atoms with van der Waals surface area (Å²) in [5.74, 6) is 1.03. The highest BCUT2D eigenvalue weighted by Gasteiger charge is 2.21. The minimum Gasteiger partial charge on any atom is -0.378 e. The van der Waals surface area contributed by atoms with Crippen LogP contribution in [0.2, 0.25) is 0 Å². The van der Waals surface area contributed by atoms with Crippen LogP contribution in [-0.4, -0.2) is 86.2 Å². The minimum absolute atomic E-state index is 0. The normalized spacial score (nSPS) is 19.7. The Morgan fingerprint density at radius 2 is 1.71 bits per heavy atom. The van der Waals surface area contributed by atoms with E-state index in [-0.39, 0.29) is 24.0 Å². The Morgan fingerprint density at radius 1 is 1.00 bits per heavy atom. The summed E-state index contributed by atoms with van der Waals surface area (Å²) in [6, 6.07) is 9.04. The van der Waals surface area contributed by atoms with Crippen molar-refractivity contribution < 1.29 is 4.74 Å². The van der Waals surface area contributed by atoms with Gasteiger partial charge in [-0.3, -0.25) is 4.90 Å². The molecule has 2 aliphatic heterocycles. The lowest BCUT2D eigenvalue weighted by molar-refractivity contribution is 0.0263. The highest BCUT2D eigenvalue weighted by atomic mass is 127. The Balaban J connectivity index is 0.00000341. The number of guanidine groups is 1. The molecule has 2 heterocycles. The second-order valence-electron chi connectivity index (χ2n) is 8.56. The molecule has 2 aliphatic rings. The maximum absolute atomic E-state index is 5.79. The zero-order valence-corrected chi connectivity index (χ0v) is 22.0. The van der Waals surface area contributed by atoms with Crippen molar-refractivity contribution in [3.8, 4) is 0 Å². The van der Waals surface area contributed by atoms with Crippen LogP contribution < -0.4 is 5.32 Å². The highest BCUT2D eigenvalue weighted by molar-refractivity contribution is 14.0. The molecule has 0 atom stereocenters. The topological polar surface area (TPSA) is 43.3 Å². The summed E-state index contributed by atoms with van der Waals surface area (Å²) in [5.41, 5.74) is 2.67. The van der Waals surface area contributed by atoms with Crippen LogP contribution in [0.15, 0.2) is 29.3 Å². The quantitative estimate of drug-likeness (QED) is 0.325. The first-order chi connectivity index (χ1) is 14.7. The van der Waals surface area contributed by atoms with Gasteiger partial charge in [0, 0.05) is 45.9 Å². The van der Waals surface area contributed by atoms with E-state index >= 15 is 0 Å². The van der Waals surface area contributed by atoms with Crippen LogP contribution in [0.3, 0.4) is 0 Å². The fourth-order valence-electron chi connectivity index (χ4n) is 4.33. The lowest BCUT2D eigenvalue weighted by atomic mass is 10.1. The summed E-state index contributed by atoms with van der Waals surface area (Å²) < 4.78 is 5.79. The first-order valence-corrected chi connectivity index (χ1v) is 11.8. The minimum atomic E-state index is 0. The first-order valence-electron chi connectivity index (χ1n) is 11.8. The molecule has 0 radical (unpaired) electrons. The molecular weight excluding hydrogens is 501 g/mol. The van der Waals surface area contributed by atoms with E-state index in [0.29, 0.717) is 6.10 Å². The third-order valence-corrected chi connectivity index (χ3v) is 6.13. The molecular formula is C24H42IN5O. The SMILES string of the molecule is CCNC(=NCc1ccc(CN2CCCN(C)CC2)cc1)N1CCC(OCC)CC1.I. The van der Waals surface area contributed by atoms with E-state index in [9.17, 15) is 0 Å². The van der Waals surface area contributed by atoms with E-state index in [2.05, 4.69) is 65.2 Å². The van der Waals surface area contributed by atoms with Gasteiger partial charge in [-0.1, -0.05) is 24.3 Å². The van der Waals surface area contributed by atoms with Crippen LogP contribution in [0.5, 0.6) is 0 Å². The van der Waals surface area contributed by atoms with E-state index in [1.54, 1.807) is 0 Å². The zero-order valence-electron chi connectivity index (χ0n) is 19.7. The Kier molecular flexibility index (Phi) is 12.1. The van der Waals surface area contributed by atoms with Gasteiger partial charge in [-0.2, -0.15) is 0 Å². The van der Waals surface area contributed by atoms with Gasteiger partial charge in [-0.05, 0) is 64.4 Å². The van der Waals surface area contributed by atoms with Crippen molar-refractivity contribution in [1.82, 2.24) is 20.0 Å². The van der Waals surface area contributed by atoms with Gasteiger partial charge in [-0.25, -0.2) is 4.99 Å². The van der Waals surface area contributed by atoms with E-state index in [0.717, 1.165) is 64.7 Å². The molecule has 1 aromatic rings. The summed E-state index contributed by atoms with van der Waals surface area (Å²) in [7, 11) is 2.22. The Hall–Kier alpha value is -0.900. The maximum atomic E-state index is 5.79. The number of aliphatic imine (C=N–C) groups is 1. The summed E-state index contributed by atoms with van der Waals surface area (Å²) >= 11 is 0. The molecule has 2 saturated heterocycles. The van der Waals surface area contributed by atoms with Gasteiger partial charge >= 0.3 is 0 Å². The molecule has 1 N–H and O–H groups in total. The van der Waals surface area contributed by atoms with Gasteiger partial charge in [0.1, 0.15) is 0 Å². The molecule has 6 nitrogen and oxygen atoms in total. The Bertz CT molecular complexity index is 646. The lowest BCUT2D eigenvalue weighted by Crippen LogP contribution is -2.47. The fourth-order valence-corrected chi connectivity index (χ4v) is 4.33.